The van der Waals surface area contributed by atoms with Gasteiger partial charge in [-0.05, 0) is 60.2 Å². The Kier molecular flexibility index (Phi) is 6.99. The van der Waals surface area contributed by atoms with Crippen molar-refractivity contribution in [2.75, 3.05) is 7.11 Å². The molecule has 0 radical (unpaired) electrons. The fourth-order valence-corrected chi connectivity index (χ4v) is 4.43. The van der Waals surface area contributed by atoms with Crippen LogP contribution in [0.15, 0.2) is 65.8 Å². The summed E-state index contributed by atoms with van der Waals surface area (Å²) < 4.78 is 7.21. The van der Waals surface area contributed by atoms with Gasteiger partial charge in [0.15, 0.2) is 11.0 Å². The molecule has 4 aromatic rings. The van der Waals surface area contributed by atoms with Gasteiger partial charge in [0.1, 0.15) is 5.75 Å². The second-order valence-corrected chi connectivity index (χ2v) is 9.08. The molecule has 0 atom stereocenters. The van der Waals surface area contributed by atoms with E-state index in [1.54, 1.807) is 25.3 Å². The van der Waals surface area contributed by atoms with E-state index in [1.165, 1.54) is 11.8 Å². The minimum Gasteiger partial charge on any atom is -0.497 e. The molecule has 0 amide bonds. The van der Waals surface area contributed by atoms with Crippen LogP contribution in [0.4, 0.5) is 0 Å². The Hall–Kier alpha value is -1.89. The summed E-state index contributed by atoms with van der Waals surface area (Å²) in [5.41, 5.74) is 2.72. The highest BCUT2D eigenvalue weighted by atomic mass is 35.5. The van der Waals surface area contributed by atoms with Gasteiger partial charge in [-0.1, -0.05) is 64.2 Å². The molecule has 0 aliphatic rings. The molecule has 0 aliphatic heterocycles. The molecule has 158 valence electrons. The minimum atomic E-state index is 0.453. The average Bonchev–Trinajstić information content (AvgIpc) is 3.20. The molecule has 0 fully saturated rings. The van der Waals surface area contributed by atoms with E-state index in [2.05, 4.69) is 10.2 Å². The smallest absolute Gasteiger partial charge is 0.196 e. The molecule has 0 aliphatic carbocycles. The number of ether oxygens (including phenoxy) is 1. The number of aromatic nitrogens is 3. The van der Waals surface area contributed by atoms with E-state index >= 15 is 0 Å². The van der Waals surface area contributed by atoms with Crippen LogP contribution in [0.1, 0.15) is 5.56 Å². The first-order valence-corrected chi connectivity index (χ1v) is 11.6. The largest absolute Gasteiger partial charge is 0.497 e. The van der Waals surface area contributed by atoms with Crippen LogP contribution < -0.4 is 4.74 Å². The highest BCUT2D eigenvalue weighted by molar-refractivity contribution is 7.98. The molecule has 9 heteroatoms. The lowest BCUT2D eigenvalue weighted by molar-refractivity contribution is 0.415. The molecule has 0 saturated heterocycles. The van der Waals surface area contributed by atoms with E-state index < -0.39 is 0 Å². The van der Waals surface area contributed by atoms with E-state index in [0.29, 0.717) is 36.8 Å². The van der Waals surface area contributed by atoms with Crippen LogP contribution in [0.25, 0.3) is 17.1 Å². The normalized spacial score (nSPS) is 11.0. The van der Waals surface area contributed by atoms with E-state index in [0.717, 1.165) is 22.6 Å². The van der Waals surface area contributed by atoms with Crippen molar-refractivity contribution in [1.29, 1.82) is 0 Å². The number of hydrogen-bond acceptors (Lipinski definition) is 4. The molecule has 0 spiro atoms. The van der Waals surface area contributed by atoms with Gasteiger partial charge in [0, 0.05) is 11.3 Å². The zero-order chi connectivity index (χ0) is 22.0. The number of benzene rings is 3. The van der Waals surface area contributed by atoms with Crippen molar-refractivity contribution < 1.29 is 4.74 Å². The molecular weight excluding hydrogens is 496 g/mol. The van der Waals surface area contributed by atoms with Gasteiger partial charge in [0.25, 0.3) is 0 Å². The standard InChI is InChI=1S/C22H15Cl4N3OS/c1-30-16-6-3-14(4-7-16)21-27-28-22(29(21)15-5-9-18(24)20(26)11-15)31-12-13-2-8-17(23)19(25)10-13/h2-11H,12H2,1H3. The van der Waals surface area contributed by atoms with Crippen LogP contribution in [0.5, 0.6) is 5.75 Å². The number of nitrogens with zero attached hydrogens (tertiary/aromatic N) is 3. The van der Waals surface area contributed by atoms with E-state index in [1.807, 2.05) is 47.0 Å². The Bertz CT molecular complexity index is 1230. The molecule has 4 rings (SSSR count). The van der Waals surface area contributed by atoms with Crippen LogP contribution in [0.3, 0.4) is 0 Å². The van der Waals surface area contributed by atoms with Gasteiger partial charge in [-0.2, -0.15) is 0 Å². The fourth-order valence-electron chi connectivity index (χ4n) is 2.92. The van der Waals surface area contributed by atoms with Crippen LogP contribution in [-0.2, 0) is 5.75 Å². The lowest BCUT2D eigenvalue weighted by atomic mass is 10.2. The molecule has 4 nitrogen and oxygen atoms in total. The quantitative estimate of drug-likeness (QED) is 0.247. The monoisotopic (exact) mass is 509 g/mol. The van der Waals surface area contributed by atoms with Crippen LogP contribution in [0, 0.1) is 0 Å². The summed E-state index contributed by atoms with van der Waals surface area (Å²) in [6.45, 7) is 0. The zero-order valence-corrected chi connectivity index (χ0v) is 20.0. The SMILES string of the molecule is COc1ccc(-c2nnc(SCc3ccc(Cl)c(Cl)c3)n2-c2ccc(Cl)c(Cl)c2)cc1. The second-order valence-electron chi connectivity index (χ2n) is 6.51. The Morgan fingerprint density at radius 1 is 0.806 bits per heavy atom. The van der Waals surface area contributed by atoms with Gasteiger partial charge in [-0.15, -0.1) is 10.2 Å². The van der Waals surface area contributed by atoms with Crippen molar-refractivity contribution in [3.8, 4) is 22.8 Å². The zero-order valence-electron chi connectivity index (χ0n) is 16.2. The van der Waals surface area contributed by atoms with Crippen molar-refractivity contribution in [2.45, 2.75) is 10.9 Å². The van der Waals surface area contributed by atoms with Crippen molar-refractivity contribution >= 4 is 58.2 Å². The van der Waals surface area contributed by atoms with Crippen molar-refractivity contribution in [3.63, 3.8) is 0 Å². The number of rotatable bonds is 6. The molecule has 31 heavy (non-hydrogen) atoms. The predicted octanol–water partition coefficient (Wildman–Crippen LogP) is 7.85. The van der Waals surface area contributed by atoms with Gasteiger partial charge in [0.2, 0.25) is 0 Å². The Balaban J connectivity index is 1.74. The summed E-state index contributed by atoms with van der Waals surface area (Å²) in [5.74, 6) is 2.08. The maximum absolute atomic E-state index is 6.29. The number of thioether (sulfide) groups is 1. The maximum Gasteiger partial charge on any atom is 0.196 e. The summed E-state index contributed by atoms with van der Waals surface area (Å²) in [7, 11) is 1.63. The first kappa shape index (κ1) is 22.3. The molecule has 1 aromatic heterocycles. The summed E-state index contributed by atoms with van der Waals surface area (Å²) in [6, 6.07) is 18.6. The molecule has 0 unspecified atom stereocenters. The lowest BCUT2D eigenvalue weighted by Gasteiger charge is -2.12. The lowest BCUT2D eigenvalue weighted by Crippen LogP contribution is -2.00. The molecule has 0 saturated carbocycles. The third-order valence-electron chi connectivity index (χ3n) is 4.49. The third-order valence-corrected chi connectivity index (χ3v) is 6.97. The second kappa shape index (κ2) is 9.72. The summed E-state index contributed by atoms with van der Waals surface area (Å²) in [6.07, 6.45) is 0. The van der Waals surface area contributed by atoms with Crippen molar-refractivity contribution in [1.82, 2.24) is 14.8 Å². The van der Waals surface area contributed by atoms with Crippen LogP contribution >= 0.6 is 58.2 Å². The number of hydrogen-bond donors (Lipinski definition) is 0. The maximum atomic E-state index is 6.29. The molecule has 1 heterocycles. The number of halogens is 4. The molecule has 3 aromatic carbocycles. The predicted molar refractivity (Wildman–Crippen MR) is 129 cm³/mol. The Morgan fingerprint density at radius 2 is 1.48 bits per heavy atom. The first-order valence-electron chi connectivity index (χ1n) is 9.08. The Labute approximate surface area is 204 Å². The highest BCUT2D eigenvalue weighted by Crippen LogP contribution is 2.33. The summed E-state index contributed by atoms with van der Waals surface area (Å²) in [5, 5.41) is 11.6. The number of methoxy groups -OCH3 is 1. The average molecular weight is 511 g/mol. The fraction of sp³-hybridized carbons (Fsp3) is 0.0909. The highest BCUT2D eigenvalue weighted by Gasteiger charge is 2.17. The van der Waals surface area contributed by atoms with Crippen LogP contribution in [0.2, 0.25) is 20.1 Å². The van der Waals surface area contributed by atoms with Crippen molar-refractivity contribution in [2.24, 2.45) is 0 Å². The van der Waals surface area contributed by atoms with E-state index in [-0.39, 0.29) is 0 Å². The van der Waals surface area contributed by atoms with Crippen molar-refractivity contribution in [3.05, 3.63) is 86.3 Å². The molecule has 0 bridgehead atoms. The van der Waals surface area contributed by atoms with Gasteiger partial charge in [-0.25, -0.2) is 0 Å². The third kappa shape index (κ3) is 4.97. The topological polar surface area (TPSA) is 39.9 Å². The summed E-state index contributed by atoms with van der Waals surface area (Å²) >= 11 is 26.1. The van der Waals surface area contributed by atoms with Gasteiger partial charge in [-0.3, -0.25) is 4.57 Å². The van der Waals surface area contributed by atoms with E-state index in [4.69, 9.17) is 51.1 Å². The van der Waals surface area contributed by atoms with Crippen LogP contribution in [-0.4, -0.2) is 21.9 Å². The molecular formula is C22H15Cl4N3OS. The first-order chi connectivity index (χ1) is 15.0. The van der Waals surface area contributed by atoms with Gasteiger partial charge >= 0.3 is 0 Å². The molecule has 0 N–H and O–H groups in total. The van der Waals surface area contributed by atoms with E-state index in [9.17, 15) is 0 Å². The summed E-state index contributed by atoms with van der Waals surface area (Å²) in [4.78, 5) is 0. The minimum absolute atomic E-state index is 0.453. The van der Waals surface area contributed by atoms with Gasteiger partial charge < -0.3 is 4.74 Å². The Morgan fingerprint density at radius 3 is 2.13 bits per heavy atom. The van der Waals surface area contributed by atoms with Gasteiger partial charge in [0.05, 0.1) is 32.9 Å².